The second-order valence-corrected chi connectivity index (χ2v) is 5.45. The molecule has 96 valence electrons. The third kappa shape index (κ3) is 3.38. The summed E-state index contributed by atoms with van der Waals surface area (Å²) in [7, 11) is 0. The zero-order valence-corrected chi connectivity index (χ0v) is 11.1. The number of hydrogen-bond donors (Lipinski definition) is 2. The molecule has 0 amide bonds. The van der Waals surface area contributed by atoms with Crippen LogP contribution in [0.3, 0.4) is 0 Å². The van der Waals surface area contributed by atoms with Gasteiger partial charge in [0.1, 0.15) is 5.82 Å². The normalized spacial score (nSPS) is 12.6. The number of halogens is 1. The van der Waals surface area contributed by atoms with Crippen LogP contribution in [0.1, 0.15) is 16.0 Å². The van der Waals surface area contributed by atoms with Crippen LogP contribution in [0.4, 0.5) is 4.39 Å². The van der Waals surface area contributed by atoms with Gasteiger partial charge in [0.15, 0.2) is 0 Å². The number of nitrogens with one attached hydrogen (secondary N) is 1. The molecular weight excluding hydrogens is 247 g/mol. The van der Waals surface area contributed by atoms with Crippen molar-refractivity contribution in [3.05, 3.63) is 57.5 Å². The molecule has 1 atom stereocenters. The predicted molar refractivity (Wildman–Crippen MR) is 74.0 cm³/mol. The van der Waals surface area contributed by atoms with E-state index in [1.165, 1.54) is 10.9 Å². The summed E-state index contributed by atoms with van der Waals surface area (Å²) in [6.45, 7) is 1.93. The Balaban J connectivity index is 2.05. The van der Waals surface area contributed by atoms with E-state index in [2.05, 4.69) is 16.9 Å². The van der Waals surface area contributed by atoms with Crippen LogP contribution in [0.25, 0.3) is 0 Å². The smallest absolute Gasteiger partial charge is 0.123 e. The maximum Gasteiger partial charge on any atom is 0.123 e. The topological polar surface area (TPSA) is 38.0 Å². The first-order chi connectivity index (χ1) is 8.69. The Labute approximate surface area is 111 Å². The van der Waals surface area contributed by atoms with Gasteiger partial charge in [-0.3, -0.25) is 11.3 Å². The monoisotopic (exact) mass is 264 g/mol. The average Bonchev–Trinajstić information content (AvgIpc) is 2.84. The van der Waals surface area contributed by atoms with Crippen LogP contribution < -0.4 is 11.3 Å². The van der Waals surface area contributed by atoms with E-state index in [0.717, 1.165) is 24.0 Å². The number of thiophene rings is 1. The van der Waals surface area contributed by atoms with Crippen molar-refractivity contribution in [1.29, 1.82) is 0 Å². The van der Waals surface area contributed by atoms with Crippen LogP contribution in [0.15, 0.2) is 35.7 Å². The van der Waals surface area contributed by atoms with Gasteiger partial charge in [-0.15, -0.1) is 11.3 Å². The van der Waals surface area contributed by atoms with E-state index in [-0.39, 0.29) is 11.9 Å². The number of benzene rings is 1. The summed E-state index contributed by atoms with van der Waals surface area (Å²) in [4.78, 5) is 1.30. The number of nitrogens with two attached hydrogens (primary N) is 1. The number of aryl methyl sites for hydroxylation is 1. The lowest BCUT2D eigenvalue weighted by atomic mass is 9.99. The summed E-state index contributed by atoms with van der Waals surface area (Å²) in [6, 6.07) is 9.22. The van der Waals surface area contributed by atoms with Gasteiger partial charge in [-0.2, -0.15) is 0 Å². The van der Waals surface area contributed by atoms with Crippen molar-refractivity contribution in [2.75, 3.05) is 0 Å². The molecule has 18 heavy (non-hydrogen) atoms. The van der Waals surface area contributed by atoms with Crippen molar-refractivity contribution in [2.24, 2.45) is 5.84 Å². The lowest BCUT2D eigenvalue weighted by Crippen LogP contribution is -2.38. The maximum absolute atomic E-state index is 13.0. The van der Waals surface area contributed by atoms with Gasteiger partial charge in [0.25, 0.3) is 0 Å². The Hall–Kier alpha value is -1.23. The Morgan fingerprint density at radius 1 is 1.33 bits per heavy atom. The fourth-order valence-electron chi connectivity index (χ4n) is 2.02. The molecular formula is C14H17FN2S. The minimum atomic E-state index is -0.188. The SMILES string of the molecule is Cc1cc(F)ccc1CC(Cc1cccs1)NN. The molecule has 1 aromatic heterocycles. The molecule has 0 radical (unpaired) electrons. The highest BCUT2D eigenvalue weighted by Crippen LogP contribution is 2.16. The second kappa shape index (κ2) is 6.09. The summed E-state index contributed by atoms with van der Waals surface area (Å²) in [5.74, 6) is 5.41. The fraction of sp³-hybridized carbons (Fsp3) is 0.286. The molecule has 3 N–H and O–H groups in total. The average molecular weight is 264 g/mol. The van der Waals surface area contributed by atoms with Crippen LogP contribution in [0.2, 0.25) is 0 Å². The molecule has 2 aromatic rings. The molecule has 1 unspecified atom stereocenters. The lowest BCUT2D eigenvalue weighted by molar-refractivity contribution is 0.524. The number of rotatable bonds is 5. The highest BCUT2D eigenvalue weighted by atomic mass is 32.1. The summed E-state index contributed by atoms with van der Waals surface area (Å²) < 4.78 is 13.0. The molecule has 0 bridgehead atoms. The van der Waals surface area contributed by atoms with Crippen LogP contribution in [-0.2, 0) is 12.8 Å². The van der Waals surface area contributed by atoms with Gasteiger partial charge in [0.05, 0.1) is 0 Å². The Bertz CT molecular complexity index is 497. The summed E-state index contributed by atoms with van der Waals surface area (Å²) >= 11 is 1.73. The second-order valence-electron chi connectivity index (χ2n) is 4.42. The van der Waals surface area contributed by atoms with E-state index in [4.69, 9.17) is 5.84 Å². The van der Waals surface area contributed by atoms with Crippen molar-refractivity contribution in [2.45, 2.75) is 25.8 Å². The highest BCUT2D eigenvalue weighted by Gasteiger charge is 2.11. The molecule has 0 aliphatic heterocycles. The maximum atomic E-state index is 13.0. The third-order valence-corrected chi connectivity index (χ3v) is 3.93. The first kappa shape index (κ1) is 13.2. The largest absolute Gasteiger partial charge is 0.271 e. The lowest BCUT2D eigenvalue weighted by Gasteiger charge is -2.16. The van der Waals surface area contributed by atoms with Gasteiger partial charge >= 0.3 is 0 Å². The molecule has 0 fully saturated rings. The molecule has 0 aliphatic rings. The van der Waals surface area contributed by atoms with Crippen molar-refractivity contribution in [3.63, 3.8) is 0 Å². The number of hydrazine groups is 1. The zero-order valence-electron chi connectivity index (χ0n) is 10.3. The summed E-state index contributed by atoms with van der Waals surface area (Å²) in [6.07, 6.45) is 1.70. The van der Waals surface area contributed by atoms with Gasteiger partial charge < -0.3 is 0 Å². The minimum absolute atomic E-state index is 0.174. The molecule has 2 nitrogen and oxygen atoms in total. The van der Waals surface area contributed by atoms with Crippen molar-refractivity contribution in [3.8, 4) is 0 Å². The molecule has 4 heteroatoms. The zero-order chi connectivity index (χ0) is 13.0. The Morgan fingerprint density at radius 2 is 2.17 bits per heavy atom. The standard InChI is InChI=1S/C14H17FN2S/c1-10-7-12(15)5-4-11(10)8-13(17-16)9-14-3-2-6-18-14/h2-7,13,17H,8-9,16H2,1H3. The molecule has 1 aromatic carbocycles. The van der Waals surface area contributed by atoms with Crippen LogP contribution in [0, 0.1) is 12.7 Å². The van der Waals surface area contributed by atoms with E-state index in [1.54, 1.807) is 17.4 Å². The Kier molecular flexibility index (Phi) is 4.47. The molecule has 2 rings (SSSR count). The van der Waals surface area contributed by atoms with E-state index < -0.39 is 0 Å². The van der Waals surface area contributed by atoms with Gasteiger partial charge in [0.2, 0.25) is 0 Å². The highest BCUT2D eigenvalue weighted by molar-refractivity contribution is 7.09. The molecule has 0 saturated carbocycles. The predicted octanol–water partition coefficient (Wildman–Crippen LogP) is 2.81. The first-order valence-electron chi connectivity index (χ1n) is 5.92. The van der Waals surface area contributed by atoms with Gasteiger partial charge in [-0.25, -0.2) is 4.39 Å². The van der Waals surface area contributed by atoms with E-state index in [9.17, 15) is 4.39 Å². The summed E-state index contributed by atoms with van der Waals surface area (Å²) in [5.41, 5.74) is 4.95. The van der Waals surface area contributed by atoms with E-state index in [0.29, 0.717) is 0 Å². The molecule has 1 heterocycles. The van der Waals surface area contributed by atoms with E-state index >= 15 is 0 Å². The summed E-state index contributed by atoms with van der Waals surface area (Å²) in [5, 5.41) is 2.06. The molecule has 0 aliphatic carbocycles. The molecule has 0 spiro atoms. The number of hydrogen-bond acceptors (Lipinski definition) is 3. The van der Waals surface area contributed by atoms with E-state index in [1.807, 2.05) is 19.1 Å². The van der Waals surface area contributed by atoms with Crippen molar-refractivity contribution >= 4 is 11.3 Å². The van der Waals surface area contributed by atoms with Crippen LogP contribution in [0.5, 0.6) is 0 Å². The van der Waals surface area contributed by atoms with Crippen LogP contribution in [-0.4, -0.2) is 6.04 Å². The van der Waals surface area contributed by atoms with Gasteiger partial charge in [0, 0.05) is 10.9 Å². The van der Waals surface area contributed by atoms with Crippen LogP contribution >= 0.6 is 11.3 Å². The third-order valence-electron chi connectivity index (χ3n) is 3.03. The van der Waals surface area contributed by atoms with Crippen molar-refractivity contribution in [1.82, 2.24) is 5.43 Å². The fourth-order valence-corrected chi connectivity index (χ4v) is 2.80. The van der Waals surface area contributed by atoms with Crippen molar-refractivity contribution < 1.29 is 4.39 Å². The Morgan fingerprint density at radius 3 is 2.78 bits per heavy atom. The van der Waals surface area contributed by atoms with Gasteiger partial charge in [-0.05, 0) is 54.5 Å². The minimum Gasteiger partial charge on any atom is -0.271 e. The first-order valence-corrected chi connectivity index (χ1v) is 6.80. The molecule has 0 saturated heterocycles. The van der Waals surface area contributed by atoms with Gasteiger partial charge in [-0.1, -0.05) is 12.1 Å². The quantitative estimate of drug-likeness (QED) is 0.644.